The number of aryl methyl sites for hydroxylation is 1. The highest BCUT2D eigenvalue weighted by Crippen LogP contribution is 2.37. The zero-order valence-corrected chi connectivity index (χ0v) is 21.0. The van der Waals surface area contributed by atoms with Crippen molar-refractivity contribution in [3.63, 3.8) is 0 Å². The number of hydrogen-bond acceptors (Lipinski definition) is 5. The third-order valence-corrected chi connectivity index (χ3v) is 8.19. The summed E-state index contributed by atoms with van der Waals surface area (Å²) >= 11 is 1.30. The molecule has 3 aromatic rings. The van der Waals surface area contributed by atoms with E-state index in [-0.39, 0.29) is 18.1 Å². The molecule has 3 rings (SSSR count). The summed E-state index contributed by atoms with van der Waals surface area (Å²) < 4.78 is 32.1. The van der Waals surface area contributed by atoms with E-state index in [1.165, 1.54) is 26.7 Å². The second-order valence-electron chi connectivity index (χ2n) is 9.53. The predicted octanol–water partition coefficient (Wildman–Crippen LogP) is 3.94. The number of rotatable bonds is 7. The maximum atomic E-state index is 13.2. The fourth-order valence-electron chi connectivity index (χ4n) is 3.53. The van der Waals surface area contributed by atoms with Crippen LogP contribution >= 0.6 is 11.3 Å². The molecule has 174 valence electrons. The van der Waals surface area contributed by atoms with Crippen LogP contribution in [0.3, 0.4) is 0 Å². The smallest absolute Gasteiger partial charge is 0.331 e. The van der Waals surface area contributed by atoms with Gasteiger partial charge in [0.25, 0.3) is 10.0 Å². The zero-order valence-electron chi connectivity index (χ0n) is 19.3. The Kier molecular flexibility index (Phi) is 6.74. The molecule has 0 saturated heterocycles. The summed E-state index contributed by atoms with van der Waals surface area (Å²) in [6, 6.07) is 9.38. The van der Waals surface area contributed by atoms with Gasteiger partial charge in [-0.1, -0.05) is 32.0 Å². The van der Waals surface area contributed by atoms with Gasteiger partial charge in [0.2, 0.25) is 5.88 Å². The summed E-state index contributed by atoms with van der Waals surface area (Å²) in [5.41, 5.74) is 1.27. The first-order valence-electron chi connectivity index (χ1n) is 10.5. The van der Waals surface area contributed by atoms with Gasteiger partial charge in [0, 0.05) is 23.0 Å². The van der Waals surface area contributed by atoms with E-state index in [0.29, 0.717) is 15.7 Å². The molecule has 0 aliphatic heterocycles. The van der Waals surface area contributed by atoms with Gasteiger partial charge in [0.15, 0.2) is 0 Å². The van der Waals surface area contributed by atoms with Crippen LogP contribution in [-0.2, 0) is 30.0 Å². The van der Waals surface area contributed by atoms with E-state index >= 15 is 0 Å². The molecule has 0 aliphatic carbocycles. The Hall–Kier alpha value is -2.36. The molecule has 0 radical (unpaired) electrons. The molecule has 1 aromatic carbocycles. The normalized spacial score (nSPS) is 12.6. The van der Waals surface area contributed by atoms with Crippen molar-refractivity contribution in [2.75, 3.05) is 0 Å². The van der Waals surface area contributed by atoms with Gasteiger partial charge in [0.05, 0.1) is 12.7 Å². The van der Waals surface area contributed by atoms with Gasteiger partial charge in [-0.3, -0.25) is 9.13 Å². The van der Waals surface area contributed by atoms with Gasteiger partial charge in [0.1, 0.15) is 4.21 Å². The summed E-state index contributed by atoms with van der Waals surface area (Å²) in [6.45, 7) is 9.84. The molecule has 9 heteroatoms. The average Bonchev–Trinajstić information content (AvgIpc) is 3.17. The van der Waals surface area contributed by atoms with Gasteiger partial charge in [-0.05, 0) is 56.4 Å². The lowest BCUT2D eigenvalue weighted by Gasteiger charge is -2.20. The summed E-state index contributed by atoms with van der Waals surface area (Å²) in [5.74, 6) is 0.280. The number of nitrogens with zero attached hydrogens (tertiary/aromatic N) is 2. The minimum Gasteiger partial charge on any atom is -0.493 e. The van der Waals surface area contributed by atoms with Crippen LogP contribution in [0, 0.1) is 5.92 Å². The highest BCUT2D eigenvalue weighted by molar-refractivity contribution is 7.91. The van der Waals surface area contributed by atoms with Gasteiger partial charge < -0.3 is 5.11 Å². The third kappa shape index (κ3) is 5.51. The lowest BCUT2D eigenvalue weighted by Crippen LogP contribution is -2.40. The van der Waals surface area contributed by atoms with Crippen LogP contribution in [-0.4, -0.2) is 28.2 Å². The average molecular weight is 478 g/mol. The lowest BCUT2D eigenvalue weighted by molar-refractivity contribution is 0.421. The molecular formula is C23H31N3O4S2. The molecule has 0 bridgehead atoms. The van der Waals surface area contributed by atoms with Crippen molar-refractivity contribution in [1.82, 2.24) is 13.9 Å². The van der Waals surface area contributed by atoms with E-state index < -0.39 is 15.6 Å². The minimum absolute atomic E-state index is 0.115. The van der Waals surface area contributed by atoms with Gasteiger partial charge in [-0.15, -0.1) is 11.3 Å². The molecule has 0 unspecified atom stereocenters. The molecule has 7 nitrogen and oxygen atoms in total. The Labute approximate surface area is 193 Å². The Bertz CT molecular complexity index is 1280. The van der Waals surface area contributed by atoms with Gasteiger partial charge in [-0.2, -0.15) is 0 Å². The Balaban J connectivity index is 2.07. The lowest BCUT2D eigenvalue weighted by atomic mass is 10.0. The maximum absolute atomic E-state index is 13.2. The fourth-order valence-corrected chi connectivity index (χ4v) is 6.90. The number of hydrogen-bond donors (Lipinski definition) is 2. The number of aromatic hydroxyl groups is 1. The second-order valence-corrected chi connectivity index (χ2v) is 12.5. The number of thiophene rings is 1. The van der Waals surface area contributed by atoms with E-state index in [4.69, 9.17) is 0 Å². The third-order valence-electron chi connectivity index (χ3n) is 4.74. The number of imidazole rings is 1. The minimum atomic E-state index is -3.72. The number of benzene rings is 1. The Morgan fingerprint density at radius 1 is 1.19 bits per heavy atom. The quantitative estimate of drug-likeness (QED) is 0.539. The van der Waals surface area contributed by atoms with Crippen LogP contribution in [0.1, 0.15) is 45.1 Å². The van der Waals surface area contributed by atoms with Crippen molar-refractivity contribution in [3.8, 4) is 17.0 Å². The number of aromatic nitrogens is 2. The second kappa shape index (κ2) is 8.88. The maximum Gasteiger partial charge on any atom is 0.331 e. The SMILES string of the molecule is CC(C)Cc1cc(-c2cccc(Cn3c(O)cn(C)c3=O)c2)c(S(=O)(=O)NC(C)(C)C)s1. The molecule has 2 heterocycles. The molecule has 2 N–H and O–H groups in total. The molecule has 0 atom stereocenters. The summed E-state index contributed by atoms with van der Waals surface area (Å²) in [6.07, 6.45) is 2.15. The highest BCUT2D eigenvalue weighted by Gasteiger charge is 2.28. The molecule has 0 spiro atoms. The van der Waals surface area contributed by atoms with Crippen LogP contribution in [0.2, 0.25) is 0 Å². The van der Waals surface area contributed by atoms with E-state index in [2.05, 4.69) is 18.6 Å². The van der Waals surface area contributed by atoms with Crippen molar-refractivity contribution in [1.29, 1.82) is 0 Å². The Morgan fingerprint density at radius 2 is 1.88 bits per heavy atom. The largest absolute Gasteiger partial charge is 0.493 e. The molecular weight excluding hydrogens is 446 g/mol. The molecule has 2 aromatic heterocycles. The monoisotopic (exact) mass is 477 g/mol. The fraction of sp³-hybridized carbons (Fsp3) is 0.435. The van der Waals surface area contributed by atoms with Gasteiger partial charge >= 0.3 is 5.69 Å². The standard InChI is InChI=1S/C23H31N3O4S2/c1-15(2)10-18-12-19(21(31-18)32(29,30)24-23(3,4)5)17-9-7-8-16(11-17)13-26-20(27)14-25(6)22(26)28/h7-9,11-12,14-15,24,27H,10,13H2,1-6H3. The Morgan fingerprint density at radius 3 is 2.44 bits per heavy atom. The van der Waals surface area contributed by atoms with Crippen molar-refractivity contribution in [2.45, 2.75) is 57.3 Å². The summed E-state index contributed by atoms with van der Waals surface area (Å²) in [5, 5.41) is 10.1. The summed E-state index contributed by atoms with van der Waals surface area (Å²) in [7, 11) is -2.14. The van der Waals surface area contributed by atoms with Crippen molar-refractivity contribution >= 4 is 21.4 Å². The first kappa shape index (κ1) is 24.3. The number of sulfonamides is 1. The van der Waals surface area contributed by atoms with Crippen molar-refractivity contribution in [2.24, 2.45) is 13.0 Å². The van der Waals surface area contributed by atoms with Gasteiger partial charge in [-0.25, -0.2) is 17.9 Å². The van der Waals surface area contributed by atoms with E-state index in [0.717, 1.165) is 22.4 Å². The van der Waals surface area contributed by atoms with Crippen LogP contribution in [0.4, 0.5) is 0 Å². The predicted molar refractivity (Wildman–Crippen MR) is 129 cm³/mol. The molecule has 0 fully saturated rings. The van der Waals surface area contributed by atoms with Crippen LogP contribution in [0.25, 0.3) is 11.1 Å². The first-order chi connectivity index (χ1) is 14.8. The molecule has 32 heavy (non-hydrogen) atoms. The molecule has 0 saturated carbocycles. The topological polar surface area (TPSA) is 93.3 Å². The van der Waals surface area contributed by atoms with Crippen molar-refractivity contribution < 1.29 is 13.5 Å². The van der Waals surface area contributed by atoms with Crippen molar-refractivity contribution in [3.05, 3.63) is 57.5 Å². The summed E-state index contributed by atoms with van der Waals surface area (Å²) in [4.78, 5) is 13.3. The first-order valence-corrected chi connectivity index (χ1v) is 12.8. The van der Waals surface area contributed by atoms with E-state index in [1.54, 1.807) is 7.05 Å². The highest BCUT2D eigenvalue weighted by atomic mass is 32.2. The van der Waals surface area contributed by atoms with Crippen LogP contribution in [0.5, 0.6) is 5.88 Å². The van der Waals surface area contributed by atoms with E-state index in [1.807, 2.05) is 51.1 Å². The van der Waals surface area contributed by atoms with Crippen LogP contribution in [0.15, 0.2) is 45.5 Å². The molecule has 0 aliphatic rings. The number of nitrogens with one attached hydrogen (secondary N) is 1. The van der Waals surface area contributed by atoms with Crippen LogP contribution < -0.4 is 10.4 Å². The molecule has 0 amide bonds. The van der Waals surface area contributed by atoms with E-state index in [9.17, 15) is 18.3 Å². The zero-order chi connectivity index (χ0) is 23.8.